The summed E-state index contributed by atoms with van der Waals surface area (Å²) >= 11 is 1.81. The van der Waals surface area contributed by atoms with E-state index >= 15 is 0 Å². The van der Waals surface area contributed by atoms with Gasteiger partial charge >= 0.3 is 0 Å². The molecule has 0 aliphatic heterocycles. The first-order valence-corrected chi connectivity index (χ1v) is 17.6. The summed E-state index contributed by atoms with van der Waals surface area (Å²) in [6, 6.07) is 38.0. The van der Waals surface area contributed by atoms with Crippen molar-refractivity contribution in [3.63, 3.8) is 0 Å². The largest absolute Gasteiger partial charge is 0.500 e. The van der Waals surface area contributed by atoms with E-state index in [9.17, 15) is 0 Å². The second-order valence-corrected chi connectivity index (χ2v) is 15.4. The standard InChI is InChI=1S/C33H30NOS.C12H10N.Ir/c1-19-9-7-10-20(2)30(19)27-18-34-28(16-22(27)17-33(4,5)6)25-12-8-11-23-24-13-14-29-26(15-21(3)36-29)32(24)35-31(23)25;1-10-7-8-12(13-9-10)11-5-3-2-4-6-11;/h7-11,13-16,18H,17H2,1-6H3;2-5,7-9H,1H3;/q2*-1;. The number of hydrogen-bond acceptors (Lipinski definition) is 4. The van der Waals surface area contributed by atoms with Gasteiger partial charge in [-0.2, -0.15) is 0 Å². The van der Waals surface area contributed by atoms with E-state index in [-0.39, 0.29) is 25.5 Å². The Hall–Kier alpha value is -4.41. The fourth-order valence-corrected chi connectivity index (χ4v) is 7.55. The monoisotopic (exact) mass is 849 g/mol. The summed E-state index contributed by atoms with van der Waals surface area (Å²) in [7, 11) is 0. The SMILES string of the molecule is Cc1cc2c(ccc3c4cc[c-]c(-c5cc(CC(C)(C)C)c(-c6c(C)cccc6C)cn5)c4oc23)s1.Cc1ccc(-c2[c-]cccc2)nc1.[Ir]. The zero-order valence-corrected chi connectivity index (χ0v) is 32.8. The van der Waals surface area contributed by atoms with Crippen molar-refractivity contribution >= 4 is 43.4 Å². The van der Waals surface area contributed by atoms with Crippen LogP contribution in [0.3, 0.4) is 0 Å². The number of thiophene rings is 1. The molecule has 0 amide bonds. The summed E-state index contributed by atoms with van der Waals surface area (Å²) < 4.78 is 7.85. The topological polar surface area (TPSA) is 38.9 Å². The minimum Gasteiger partial charge on any atom is -0.500 e. The number of pyridine rings is 2. The van der Waals surface area contributed by atoms with Crippen molar-refractivity contribution in [3.05, 3.63) is 143 Å². The number of aromatic nitrogens is 2. The number of furan rings is 1. The maximum Gasteiger partial charge on any atom is 0.129 e. The summed E-state index contributed by atoms with van der Waals surface area (Å²) in [5, 5.41) is 3.44. The van der Waals surface area contributed by atoms with E-state index in [0.29, 0.717) is 0 Å². The Balaban J connectivity index is 0.000000260. The van der Waals surface area contributed by atoms with E-state index in [1.165, 1.54) is 48.3 Å². The van der Waals surface area contributed by atoms with Gasteiger partial charge in [-0.15, -0.1) is 65.4 Å². The molecule has 3 nitrogen and oxygen atoms in total. The molecule has 0 saturated heterocycles. The van der Waals surface area contributed by atoms with Crippen LogP contribution in [0.4, 0.5) is 0 Å². The smallest absolute Gasteiger partial charge is 0.129 e. The van der Waals surface area contributed by atoms with Crippen molar-refractivity contribution in [2.45, 2.75) is 54.9 Å². The molecule has 0 N–H and O–H groups in total. The molecule has 1 radical (unpaired) electrons. The Bertz CT molecular complexity index is 2410. The predicted octanol–water partition coefficient (Wildman–Crippen LogP) is 12.7. The van der Waals surface area contributed by atoms with Crippen LogP contribution in [0.1, 0.15) is 47.9 Å². The molecule has 4 aromatic heterocycles. The molecule has 5 heteroatoms. The molecule has 0 fully saturated rings. The normalized spacial score (nSPS) is 11.4. The minimum absolute atomic E-state index is 0. The van der Waals surface area contributed by atoms with Crippen molar-refractivity contribution in [3.8, 4) is 33.6 Å². The van der Waals surface area contributed by atoms with Crippen LogP contribution < -0.4 is 0 Å². The molecule has 8 rings (SSSR count). The molecule has 0 bridgehead atoms. The quantitative estimate of drug-likeness (QED) is 0.166. The van der Waals surface area contributed by atoms with Crippen LogP contribution in [-0.2, 0) is 26.5 Å². The molecule has 0 atom stereocenters. The van der Waals surface area contributed by atoms with Crippen molar-refractivity contribution in [2.75, 3.05) is 0 Å². The number of rotatable bonds is 4. The number of hydrogen-bond donors (Lipinski definition) is 0. The van der Waals surface area contributed by atoms with Crippen LogP contribution in [0.2, 0.25) is 0 Å². The van der Waals surface area contributed by atoms with Gasteiger partial charge in [0.2, 0.25) is 0 Å². The van der Waals surface area contributed by atoms with Gasteiger partial charge in [0.1, 0.15) is 5.58 Å². The first-order chi connectivity index (χ1) is 23.6. The first kappa shape index (κ1) is 35.4. The fraction of sp³-hybridized carbons (Fsp3) is 0.200. The van der Waals surface area contributed by atoms with Gasteiger partial charge in [-0.3, -0.25) is 0 Å². The summed E-state index contributed by atoms with van der Waals surface area (Å²) in [4.78, 5) is 10.6. The van der Waals surface area contributed by atoms with E-state index in [1.54, 1.807) is 11.3 Å². The van der Waals surface area contributed by atoms with Crippen molar-refractivity contribution in [1.29, 1.82) is 0 Å². The summed E-state index contributed by atoms with van der Waals surface area (Å²) in [5.41, 5.74) is 13.4. The van der Waals surface area contributed by atoms with E-state index in [1.807, 2.05) is 49.5 Å². The Labute approximate surface area is 312 Å². The zero-order valence-electron chi connectivity index (χ0n) is 29.6. The predicted molar refractivity (Wildman–Crippen MR) is 207 cm³/mol. The second-order valence-electron chi connectivity index (χ2n) is 14.1. The van der Waals surface area contributed by atoms with E-state index < -0.39 is 0 Å². The van der Waals surface area contributed by atoms with Gasteiger partial charge in [-0.05, 0) is 90.9 Å². The number of fused-ring (bicyclic) bond motifs is 5. The van der Waals surface area contributed by atoms with Crippen LogP contribution in [0.5, 0.6) is 0 Å². The molecule has 0 unspecified atom stereocenters. The molecule has 0 aliphatic carbocycles. The molecular formula is C45H40IrN2OS-2. The molecule has 253 valence electrons. The summed E-state index contributed by atoms with van der Waals surface area (Å²) in [5.74, 6) is 0. The number of benzene rings is 4. The number of aryl methyl sites for hydroxylation is 4. The van der Waals surface area contributed by atoms with Gasteiger partial charge in [-0.1, -0.05) is 74.2 Å². The maximum atomic E-state index is 6.59. The van der Waals surface area contributed by atoms with Gasteiger partial charge < -0.3 is 14.4 Å². The van der Waals surface area contributed by atoms with Crippen molar-refractivity contribution in [2.24, 2.45) is 5.41 Å². The Kier molecular flexibility index (Phi) is 10.2. The zero-order chi connectivity index (χ0) is 34.3. The van der Waals surface area contributed by atoms with Crippen LogP contribution in [0.25, 0.3) is 65.7 Å². The Morgan fingerprint density at radius 3 is 2.16 bits per heavy atom. The summed E-state index contributed by atoms with van der Waals surface area (Å²) in [6.07, 6.45) is 4.88. The molecule has 4 aromatic carbocycles. The average Bonchev–Trinajstić information content (AvgIpc) is 3.65. The molecule has 0 saturated carbocycles. The Morgan fingerprint density at radius 1 is 0.700 bits per heavy atom. The van der Waals surface area contributed by atoms with Crippen LogP contribution >= 0.6 is 11.3 Å². The first-order valence-electron chi connectivity index (χ1n) is 16.8. The molecule has 0 aliphatic rings. The van der Waals surface area contributed by atoms with E-state index in [2.05, 4.69) is 119 Å². The third-order valence-corrected chi connectivity index (χ3v) is 9.85. The van der Waals surface area contributed by atoms with Gasteiger partial charge in [0.15, 0.2) is 0 Å². The Morgan fingerprint density at radius 2 is 1.46 bits per heavy atom. The van der Waals surface area contributed by atoms with Crippen LogP contribution in [0, 0.1) is 45.2 Å². The minimum atomic E-state index is 0. The molecule has 4 heterocycles. The van der Waals surface area contributed by atoms with Gasteiger partial charge in [-0.25, -0.2) is 0 Å². The van der Waals surface area contributed by atoms with Gasteiger partial charge in [0.25, 0.3) is 0 Å². The molecule has 0 spiro atoms. The van der Waals surface area contributed by atoms with E-state index in [0.717, 1.165) is 50.9 Å². The van der Waals surface area contributed by atoms with E-state index in [4.69, 9.17) is 9.40 Å². The molecular weight excluding hydrogens is 809 g/mol. The van der Waals surface area contributed by atoms with Crippen LogP contribution in [-0.4, -0.2) is 9.97 Å². The van der Waals surface area contributed by atoms with Gasteiger partial charge in [0.05, 0.1) is 5.58 Å². The fourth-order valence-electron chi connectivity index (χ4n) is 6.63. The molecule has 8 aromatic rings. The third kappa shape index (κ3) is 7.23. The van der Waals surface area contributed by atoms with Crippen molar-refractivity contribution < 1.29 is 24.5 Å². The maximum absolute atomic E-state index is 6.59. The number of nitrogens with zero attached hydrogens (tertiary/aromatic N) is 2. The molecule has 50 heavy (non-hydrogen) atoms. The van der Waals surface area contributed by atoms with Crippen LogP contribution in [0.15, 0.2) is 108 Å². The van der Waals surface area contributed by atoms with Crippen molar-refractivity contribution in [1.82, 2.24) is 9.97 Å². The summed E-state index contributed by atoms with van der Waals surface area (Å²) in [6.45, 7) is 15.4. The second kappa shape index (κ2) is 14.4. The third-order valence-electron chi connectivity index (χ3n) is 8.83. The average molecular weight is 849 g/mol. The van der Waals surface area contributed by atoms with Gasteiger partial charge in [0, 0.05) is 58.4 Å².